The van der Waals surface area contributed by atoms with Crippen molar-refractivity contribution in [3.63, 3.8) is 0 Å². The van der Waals surface area contributed by atoms with Crippen molar-refractivity contribution < 1.29 is 42.9 Å². The van der Waals surface area contributed by atoms with Crippen molar-refractivity contribution in [2.45, 2.75) is 113 Å². The van der Waals surface area contributed by atoms with Gasteiger partial charge in [0.25, 0.3) is 5.91 Å². The van der Waals surface area contributed by atoms with Crippen LogP contribution in [-0.2, 0) is 38.1 Å². The maximum Gasteiger partial charge on any atom is 0.311 e. The number of carbonyl (C=O) groups is 5. The maximum absolute atomic E-state index is 13.4. The second kappa shape index (κ2) is 13.7. The molecular weight excluding hydrogens is 580 g/mol. The molecule has 0 aromatic heterocycles. The Hall–Kier alpha value is -3.73. The Morgan fingerprint density at radius 1 is 0.822 bits per heavy atom. The molecule has 0 spiro atoms. The number of allylic oxidation sites excluding steroid dienone is 1. The molecule has 45 heavy (non-hydrogen) atoms. The van der Waals surface area contributed by atoms with Gasteiger partial charge in [0, 0.05) is 24.2 Å². The zero-order valence-electron chi connectivity index (χ0n) is 28.1. The predicted octanol–water partition coefficient (Wildman–Crippen LogP) is 4.54. The van der Waals surface area contributed by atoms with Crippen LogP contribution in [-0.4, -0.2) is 71.7 Å². The Morgan fingerprint density at radius 2 is 1.33 bits per heavy atom. The smallest absolute Gasteiger partial charge is 0.311 e. The van der Waals surface area contributed by atoms with Crippen molar-refractivity contribution in [2.75, 3.05) is 6.61 Å². The van der Waals surface area contributed by atoms with Crippen molar-refractivity contribution >= 4 is 29.6 Å². The molecule has 3 rings (SSSR count). The highest BCUT2D eigenvalue weighted by molar-refractivity contribution is 6.04. The van der Waals surface area contributed by atoms with Crippen LogP contribution in [0.4, 0.5) is 0 Å². The Balaban J connectivity index is 2.10. The number of esters is 3. The number of ether oxygens (including phenoxy) is 4. The summed E-state index contributed by atoms with van der Waals surface area (Å²) in [5, 5.41) is 2.71. The average molecular weight is 629 g/mol. The van der Waals surface area contributed by atoms with E-state index in [4.69, 9.17) is 18.9 Å². The van der Waals surface area contributed by atoms with E-state index in [1.165, 1.54) is 6.20 Å². The van der Waals surface area contributed by atoms with Crippen LogP contribution in [0.3, 0.4) is 0 Å². The minimum absolute atomic E-state index is 0.0440. The lowest BCUT2D eigenvalue weighted by Gasteiger charge is -2.48. The van der Waals surface area contributed by atoms with Gasteiger partial charge in [-0.05, 0) is 80.9 Å². The van der Waals surface area contributed by atoms with E-state index in [1.807, 2.05) is 6.92 Å². The summed E-state index contributed by atoms with van der Waals surface area (Å²) in [6.07, 6.45) is -2.60. The third kappa shape index (κ3) is 8.93. The van der Waals surface area contributed by atoms with Gasteiger partial charge in [-0.3, -0.25) is 24.0 Å². The molecule has 5 atom stereocenters. The second-order valence-corrected chi connectivity index (χ2v) is 14.7. The first-order chi connectivity index (χ1) is 20.7. The number of carbonyl (C=O) groups excluding carboxylic acids is 5. The summed E-state index contributed by atoms with van der Waals surface area (Å²) in [6.45, 7) is 16.9. The third-order valence-corrected chi connectivity index (χ3v) is 7.45. The second-order valence-electron chi connectivity index (χ2n) is 14.7. The largest absolute Gasteiger partial charge is 0.455 e. The molecule has 1 fully saturated rings. The highest BCUT2D eigenvalue weighted by Gasteiger charge is 2.52. The lowest BCUT2D eigenvalue weighted by atomic mass is 9.93. The van der Waals surface area contributed by atoms with Crippen molar-refractivity contribution in [3.05, 3.63) is 47.8 Å². The van der Waals surface area contributed by atoms with E-state index in [-0.39, 0.29) is 24.5 Å². The van der Waals surface area contributed by atoms with E-state index in [2.05, 4.69) is 5.32 Å². The standard InChI is InChI=1S/C34H48N2O9/c1-11-21-17-23(37)22(35-27(38)20-15-13-12-14-16-20)18-36(21)28-26(45-31(41)34(8,9)10)25(44-30(40)33(5,6)7)24(19-42-28)43-29(39)32(2,3)4/h12-16,18,21,24-26,28H,11,17,19H2,1-10H3,(H,35,38)/t21-,24+,25+,26-,28-/m0/s1. The Kier molecular flexibility index (Phi) is 10.9. The average Bonchev–Trinajstić information content (AvgIpc) is 2.94. The van der Waals surface area contributed by atoms with E-state index in [0.29, 0.717) is 12.0 Å². The van der Waals surface area contributed by atoms with E-state index in [0.717, 1.165) is 0 Å². The first-order valence-corrected chi connectivity index (χ1v) is 15.4. The number of ketones is 1. The molecule has 0 aliphatic carbocycles. The SMILES string of the molecule is CC[C@H]1CC(=O)C(NC(=O)c2ccccc2)=CN1[C@H]1OC[C@@H](OC(=O)C(C)(C)C)[C@@H](OC(=O)C(C)(C)C)[C@@H]1OC(=O)C(C)(C)C. The molecule has 2 aliphatic heterocycles. The molecule has 1 aromatic carbocycles. The van der Waals surface area contributed by atoms with Crippen LogP contribution in [0, 0.1) is 16.2 Å². The van der Waals surface area contributed by atoms with Crippen LogP contribution in [0.5, 0.6) is 0 Å². The van der Waals surface area contributed by atoms with E-state index < -0.39 is 70.6 Å². The number of benzene rings is 1. The fourth-order valence-electron chi connectivity index (χ4n) is 4.58. The number of amides is 1. The normalized spacial score (nSPS) is 24.3. The molecule has 2 aliphatic rings. The first-order valence-electron chi connectivity index (χ1n) is 15.4. The summed E-state index contributed by atoms with van der Waals surface area (Å²) in [7, 11) is 0. The number of hydrogen-bond acceptors (Lipinski definition) is 10. The van der Waals surface area contributed by atoms with Crippen molar-refractivity contribution in [1.29, 1.82) is 0 Å². The molecule has 0 unspecified atom stereocenters. The summed E-state index contributed by atoms with van der Waals surface area (Å²) >= 11 is 0. The molecule has 1 aromatic rings. The van der Waals surface area contributed by atoms with Crippen LogP contribution in [0.25, 0.3) is 0 Å². The van der Waals surface area contributed by atoms with E-state index in [9.17, 15) is 24.0 Å². The topological polar surface area (TPSA) is 138 Å². The fraction of sp³-hybridized carbons (Fsp3) is 0.618. The summed E-state index contributed by atoms with van der Waals surface area (Å²) in [5.41, 5.74) is -2.32. The van der Waals surface area contributed by atoms with Crippen LogP contribution in [0.2, 0.25) is 0 Å². The molecule has 0 bridgehead atoms. The summed E-state index contributed by atoms with van der Waals surface area (Å²) in [5.74, 6) is -2.46. The predicted molar refractivity (Wildman–Crippen MR) is 165 cm³/mol. The minimum Gasteiger partial charge on any atom is -0.455 e. The van der Waals surface area contributed by atoms with Crippen LogP contribution in [0.1, 0.15) is 92.4 Å². The van der Waals surface area contributed by atoms with Gasteiger partial charge in [0.05, 0.1) is 22.9 Å². The van der Waals surface area contributed by atoms with E-state index in [1.54, 1.807) is 97.5 Å². The quantitative estimate of drug-likeness (QED) is 0.338. The number of rotatable bonds is 7. The van der Waals surface area contributed by atoms with Gasteiger partial charge in [-0.2, -0.15) is 0 Å². The number of nitrogens with one attached hydrogen (secondary N) is 1. The minimum atomic E-state index is -1.26. The van der Waals surface area contributed by atoms with Gasteiger partial charge in [0.1, 0.15) is 5.70 Å². The summed E-state index contributed by atoms with van der Waals surface area (Å²) < 4.78 is 24.2. The lowest BCUT2D eigenvalue weighted by molar-refractivity contribution is -0.256. The molecular formula is C34H48N2O9. The Morgan fingerprint density at radius 3 is 1.84 bits per heavy atom. The molecule has 1 N–H and O–H groups in total. The molecule has 248 valence electrons. The van der Waals surface area contributed by atoms with Crippen molar-refractivity contribution in [1.82, 2.24) is 10.2 Å². The van der Waals surface area contributed by atoms with Crippen LogP contribution in [0.15, 0.2) is 42.2 Å². The van der Waals surface area contributed by atoms with Crippen molar-refractivity contribution in [2.24, 2.45) is 16.2 Å². The van der Waals surface area contributed by atoms with Gasteiger partial charge in [0.2, 0.25) is 0 Å². The van der Waals surface area contributed by atoms with Crippen LogP contribution < -0.4 is 5.32 Å². The first kappa shape index (κ1) is 35.7. The highest BCUT2D eigenvalue weighted by Crippen LogP contribution is 2.34. The number of Topliss-reactive ketones (excluding diaryl/α,β-unsaturated/α-hetero) is 1. The van der Waals surface area contributed by atoms with E-state index >= 15 is 0 Å². The summed E-state index contributed by atoms with van der Waals surface area (Å²) in [4.78, 5) is 67.5. The number of nitrogens with zero attached hydrogens (tertiary/aromatic N) is 1. The zero-order chi connectivity index (χ0) is 33.9. The third-order valence-electron chi connectivity index (χ3n) is 7.45. The van der Waals surface area contributed by atoms with Gasteiger partial charge < -0.3 is 29.2 Å². The van der Waals surface area contributed by atoms with Gasteiger partial charge in [0.15, 0.2) is 30.3 Å². The Labute approximate surface area is 266 Å². The number of hydrogen-bond donors (Lipinski definition) is 1. The fourth-order valence-corrected chi connectivity index (χ4v) is 4.58. The molecule has 0 saturated carbocycles. The highest BCUT2D eigenvalue weighted by atomic mass is 16.6. The monoisotopic (exact) mass is 628 g/mol. The molecule has 11 heteroatoms. The van der Waals surface area contributed by atoms with Crippen molar-refractivity contribution in [3.8, 4) is 0 Å². The van der Waals surface area contributed by atoms with Gasteiger partial charge >= 0.3 is 17.9 Å². The maximum atomic E-state index is 13.4. The molecule has 1 amide bonds. The Bertz CT molecular complexity index is 1300. The van der Waals surface area contributed by atoms with Gasteiger partial charge in [-0.25, -0.2) is 0 Å². The molecule has 1 saturated heterocycles. The lowest BCUT2D eigenvalue weighted by Crippen LogP contribution is -2.64. The zero-order valence-corrected chi connectivity index (χ0v) is 28.1. The van der Waals surface area contributed by atoms with Crippen LogP contribution >= 0.6 is 0 Å². The molecule has 0 radical (unpaired) electrons. The molecule has 11 nitrogen and oxygen atoms in total. The van der Waals surface area contributed by atoms with Gasteiger partial charge in [-0.1, -0.05) is 25.1 Å². The molecule has 2 heterocycles. The summed E-state index contributed by atoms with van der Waals surface area (Å²) in [6, 6.07) is 8.09. The van der Waals surface area contributed by atoms with Gasteiger partial charge in [-0.15, -0.1) is 0 Å².